The highest BCUT2D eigenvalue weighted by molar-refractivity contribution is 9.10. The number of carbonyl (C=O) groups is 3. The minimum absolute atomic E-state index is 0.173. The molecular formula is C20H24BrNO6S. The molecule has 29 heavy (non-hydrogen) atoms. The van der Waals surface area contributed by atoms with Crippen molar-refractivity contribution in [1.29, 1.82) is 0 Å². The molecule has 1 aromatic rings. The van der Waals surface area contributed by atoms with Gasteiger partial charge in [-0.15, -0.1) is 0 Å². The molecule has 0 aromatic heterocycles. The van der Waals surface area contributed by atoms with Crippen molar-refractivity contribution in [2.24, 2.45) is 5.92 Å². The molecule has 1 heterocycles. The third kappa shape index (κ3) is 6.24. The molecular weight excluding hydrogens is 462 g/mol. The zero-order valence-electron chi connectivity index (χ0n) is 16.8. The lowest BCUT2D eigenvalue weighted by Crippen LogP contribution is -2.34. The van der Waals surface area contributed by atoms with Gasteiger partial charge in [0.1, 0.15) is 6.54 Å². The Bertz CT molecular complexity index is 823. The molecule has 0 radical (unpaired) electrons. The normalized spacial score (nSPS) is 15.4. The fourth-order valence-electron chi connectivity index (χ4n) is 2.44. The number of hydrogen-bond donors (Lipinski definition) is 0. The highest BCUT2D eigenvalue weighted by Gasteiger charge is 2.36. The molecule has 0 spiro atoms. The summed E-state index contributed by atoms with van der Waals surface area (Å²) in [5, 5.41) is -0.502. The summed E-state index contributed by atoms with van der Waals surface area (Å²) in [6.07, 6.45) is 1.59. The highest BCUT2D eigenvalue weighted by atomic mass is 79.9. The Kier molecular flexibility index (Phi) is 8.58. The molecule has 0 N–H and O–H groups in total. The Morgan fingerprint density at radius 3 is 2.52 bits per heavy atom. The minimum Gasteiger partial charge on any atom is -0.490 e. The SMILES string of the molecule is CCOc1cc(/C=C2/SC(=O)N(CC(=O)OCC(C)C)C2=O)cc(Br)c1OCC. The number of nitrogens with zero attached hydrogens (tertiary/aromatic N) is 1. The Balaban J connectivity index is 2.21. The van der Waals surface area contributed by atoms with Crippen LogP contribution in [0.5, 0.6) is 11.5 Å². The van der Waals surface area contributed by atoms with E-state index in [1.54, 1.807) is 18.2 Å². The number of esters is 1. The second kappa shape index (κ2) is 10.7. The molecule has 7 nitrogen and oxygen atoms in total. The number of halogens is 1. The summed E-state index contributed by atoms with van der Waals surface area (Å²) in [5.41, 5.74) is 0.664. The van der Waals surface area contributed by atoms with E-state index in [0.717, 1.165) is 16.7 Å². The van der Waals surface area contributed by atoms with Crippen LogP contribution < -0.4 is 9.47 Å². The average molecular weight is 486 g/mol. The number of imide groups is 1. The van der Waals surface area contributed by atoms with Crippen molar-refractivity contribution in [2.75, 3.05) is 26.4 Å². The molecule has 2 rings (SSSR count). The van der Waals surface area contributed by atoms with Crippen molar-refractivity contribution in [3.05, 3.63) is 27.1 Å². The van der Waals surface area contributed by atoms with Crippen molar-refractivity contribution in [3.8, 4) is 11.5 Å². The van der Waals surface area contributed by atoms with Crippen LogP contribution in [-0.4, -0.2) is 48.4 Å². The summed E-state index contributed by atoms with van der Waals surface area (Å²) in [6, 6.07) is 3.52. The maximum atomic E-state index is 12.6. The molecule has 1 fully saturated rings. The average Bonchev–Trinajstić information content (AvgIpc) is 2.90. The fraction of sp³-hybridized carbons (Fsp3) is 0.450. The van der Waals surface area contributed by atoms with Crippen molar-refractivity contribution in [3.63, 3.8) is 0 Å². The van der Waals surface area contributed by atoms with Crippen molar-refractivity contribution in [1.82, 2.24) is 4.90 Å². The maximum absolute atomic E-state index is 12.6. The van der Waals surface area contributed by atoms with E-state index in [0.29, 0.717) is 34.7 Å². The molecule has 0 aliphatic carbocycles. The van der Waals surface area contributed by atoms with Crippen LogP contribution in [0.4, 0.5) is 4.79 Å². The van der Waals surface area contributed by atoms with Gasteiger partial charge in [-0.25, -0.2) is 0 Å². The van der Waals surface area contributed by atoms with Gasteiger partial charge in [0.25, 0.3) is 11.1 Å². The summed E-state index contributed by atoms with van der Waals surface area (Å²) in [7, 11) is 0. The number of carbonyl (C=O) groups excluding carboxylic acids is 3. The Hall–Kier alpha value is -2.00. The van der Waals surface area contributed by atoms with E-state index in [1.165, 1.54) is 0 Å². The van der Waals surface area contributed by atoms with E-state index in [2.05, 4.69) is 15.9 Å². The second-order valence-electron chi connectivity index (χ2n) is 6.54. The van der Waals surface area contributed by atoms with Gasteiger partial charge in [-0.05, 0) is 71.2 Å². The van der Waals surface area contributed by atoms with Gasteiger partial charge >= 0.3 is 5.97 Å². The maximum Gasteiger partial charge on any atom is 0.326 e. The molecule has 0 atom stereocenters. The van der Waals surface area contributed by atoms with E-state index < -0.39 is 23.7 Å². The Labute approximate surface area is 182 Å². The molecule has 1 aromatic carbocycles. The number of amides is 2. The lowest BCUT2D eigenvalue weighted by molar-refractivity contribution is -0.147. The number of rotatable bonds is 9. The van der Waals surface area contributed by atoms with Gasteiger partial charge in [0, 0.05) is 0 Å². The summed E-state index contributed by atoms with van der Waals surface area (Å²) >= 11 is 4.24. The molecule has 158 valence electrons. The number of hydrogen-bond acceptors (Lipinski definition) is 7. The zero-order valence-corrected chi connectivity index (χ0v) is 19.2. The van der Waals surface area contributed by atoms with Crippen LogP contribution in [0.3, 0.4) is 0 Å². The zero-order chi connectivity index (χ0) is 21.6. The predicted molar refractivity (Wildman–Crippen MR) is 115 cm³/mol. The lowest BCUT2D eigenvalue weighted by Gasteiger charge is -2.14. The molecule has 9 heteroatoms. The second-order valence-corrected chi connectivity index (χ2v) is 8.39. The van der Waals surface area contributed by atoms with Gasteiger partial charge in [0.2, 0.25) is 0 Å². The standard InChI is InChI=1S/C20H24BrNO6S/c1-5-26-15-8-13(7-14(21)18(15)27-6-2)9-16-19(24)22(20(25)29-16)10-17(23)28-11-12(3)4/h7-9,12H,5-6,10-11H2,1-4H3/b16-9+. The summed E-state index contributed by atoms with van der Waals surface area (Å²) in [4.78, 5) is 37.8. The van der Waals surface area contributed by atoms with E-state index in [-0.39, 0.29) is 17.4 Å². The minimum atomic E-state index is -0.607. The van der Waals surface area contributed by atoms with Gasteiger partial charge in [0.05, 0.1) is 29.2 Å². The Morgan fingerprint density at radius 1 is 1.21 bits per heavy atom. The molecule has 0 saturated carbocycles. The van der Waals surface area contributed by atoms with Crippen molar-refractivity contribution < 1.29 is 28.6 Å². The topological polar surface area (TPSA) is 82.1 Å². The van der Waals surface area contributed by atoms with Crippen LogP contribution in [-0.2, 0) is 14.3 Å². The summed E-state index contributed by atoms with van der Waals surface area (Å²) in [6.45, 7) is 8.31. The summed E-state index contributed by atoms with van der Waals surface area (Å²) < 4.78 is 17.0. The molecule has 0 bridgehead atoms. The van der Waals surface area contributed by atoms with Crippen LogP contribution in [0.15, 0.2) is 21.5 Å². The van der Waals surface area contributed by atoms with Gasteiger partial charge in [-0.3, -0.25) is 19.3 Å². The first kappa shape index (κ1) is 23.3. The fourth-order valence-corrected chi connectivity index (χ4v) is 3.85. The molecule has 0 unspecified atom stereocenters. The molecule has 1 saturated heterocycles. The number of thioether (sulfide) groups is 1. The first-order valence-corrected chi connectivity index (χ1v) is 10.9. The smallest absolute Gasteiger partial charge is 0.326 e. The first-order valence-electron chi connectivity index (χ1n) is 9.26. The highest BCUT2D eigenvalue weighted by Crippen LogP contribution is 2.39. The lowest BCUT2D eigenvalue weighted by atomic mass is 10.2. The molecule has 1 aliphatic heterocycles. The van der Waals surface area contributed by atoms with Crippen molar-refractivity contribution in [2.45, 2.75) is 27.7 Å². The van der Waals surface area contributed by atoms with Gasteiger partial charge in [-0.1, -0.05) is 13.8 Å². The Morgan fingerprint density at radius 2 is 1.90 bits per heavy atom. The van der Waals surface area contributed by atoms with Gasteiger partial charge < -0.3 is 14.2 Å². The monoisotopic (exact) mass is 485 g/mol. The quantitative estimate of drug-likeness (QED) is 0.376. The molecule has 1 aliphatic rings. The predicted octanol–water partition coefficient (Wildman–Crippen LogP) is 4.48. The number of ether oxygens (including phenoxy) is 3. The van der Waals surface area contributed by atoms with Gasteiger partial charge in [-0.2, -0.15) is 0 Å². The van der Waals surface area contributed by atoms with Crippen LogP contribution in [0.1, 0.15) is 33.3 Å². The van der Waals surface area contributed by atoms with Crippen LogP contribution >= 0.6 is 27.7 Å². The third-order valence-corrected chi connectivity index (χ3v) is 5.15. The van der Waals surface area contributed by atoms with E-state index in [4.69, 9.17) is 14.2 Å². The van der Waals surface area contributed by atoms with E-state index in [1.807, 2.05) is 27.7 Å². The van der Waals surface area contributed by atoms with Crippen LogP contribution in [0.25, 0.3) is 6.08 Å². The van der Waals surface area contributed by atoms with Crippen LogP contribution in [0.2, 0.25) is 0 Å². The largest absolute Gasteiger partial charge is 0.490 e. The molecule has 2 amide bonds. The third-order valence-electron chi connectivity index (χ3n) is 3.66. The van der Waals surface area contributed by atoms with Crippen molar-refractivity contribution >= 4 is 50.9 Å². The van der Waals surface area contributed by atoms with E-state index >= 15 is 0 Å². The summed E-state index contributed by atoms with van der Waals surface area (Å²) in [5.74, 6) is 0.152. The van der Waals surface area contributed by atoms with E-state index in [9.17, 15) is 14.4 Å². The first-order chi connectivity index (χ1) is 13.8. The van der Waals surface area contributed by atoms with Crippen LogP contribution in [0, 0.1) is 5.92 Å². The number of benzene rings is 1. The van der Waals surface area contributed by atoms with Gasteiger partial charge in [0.15, 0.2) is 11.5 Å².